The third kappa shape index (κ3) is 4.03. The molecule has 3 aromatic heterocycles. The van der Waals surface area contributed by atoms with Crippen molar-refractivity contribution >= 4 is 22.7 Å². The van der Waals surface area contributed by atoms with Gasteiger partial charge < -0.3 is 15.1 Å². The van der Waals surface area contributed by atoms with E-state index in [1.165, 1.54) is 0 Å². The Bertz CT molecular complexity index is 1170. The van der Waals surface area contributed by atoms with Crippen LogP contribution in [0, 0.1) is 13.8 Å². The summed E-state index contributed by atoms with van der Waals surface area (Å²) in [5.41, 5.74) is 4.50. The van der Waals surface area contributed by atoms with Gasteiger partial charge in [0.2, 0.25) is 5.82 Å². The molecule has 0 saturated heterocycles. The summed E-state index contributed by atoms with van der Waals surface area (Å²) in [5, 5.41) is 14.0. The Morgan fingerprint density at radius 3 is 2.87 bits per heavy atom. The van der Waals surface area contributed by atoms with Crippen molar-refractivity contribution in [2.75, 3.05) is 11.9 Å². The van der Waals surface area contributed by atoms with Gasteiger partial charge in [0.25, 0.3) is 5.91 Å². The molecule has 3 N–H and O–H groups in total. The summed E-state index contributed by atoms with van der Waals surface area (Å²) in [6, 6.07) is 7.50. The smallest absolute Gasteiger partial charge is 0.289 e. The van der Waals surface area contributed by atoms with Gasteiger partial charge in [-0.25, -0.2) is 9.97 Å². The predicted octanol–water partition coefficient (Wildman–Crippen LogP) is 3.71. The van der Waals surface area contributed by atoms with Crippen molar-refractivity contribution in [3.63, 3.8) is 0 Å². The van der Waals surface area contributed by atoms with Crippen LogP contribution in [-0.4, -0.2) is 32.6 Å². The predicted molar refractivity (Wildman–Crippen MR) is 114 cm³/mol. The monoisotopic (exact) mass is 404 g/mol. The number of benzene rings is 1. The minimum absolute atomic E-state index is 0.142. The molecule has 0 aliphatic heterocycles. The Balaban J connectivity index is 1.48. The van der Waals surface area contributed by atoms with Gasteiger partial charge in [-0.15, -0.1) is 0 Å². The molecule has 0 fully saturated rings. The van der Waals surface area contributed by atoms with Crippen LogP contribution in [0.1, 0.15) is 46.0 Å². The summed E-state index contributed by atoms with van der Waals surface area (Å²) in [4.78, 5) is 21.7. The van der Waals surface area contributed by atoms with E-state index in [0.717, 1.165) is 39.8 Å². The Labute approximate surface area is 174 Å². The van der Waals surface area contributed by atoms with Gasteiger partial charge >= 0.3 is 0 Å². The first-order valence-electron chi connectivity index (χ1n) is 9.86. The molecule has 0 saturated carbocycles. The quantitative estimate of drug-likeness (QED) is 0.433. The molecule has 1 amide bonds. The van der Waals surface area contributed by atoms with Gasteiger partial charge in [-0.05, 0) is 38.8 Å². The van der Waals surface area contributed by atoms with Gasteiger partial charge in [0, 0.05) is 34.9 Å². The lowest BCUT2D eigenvalue weighted by molar-refractivity contribution is 0.0929. The lowest BCUT2D eigenvalue weighted by Crippen LogP contribution is -2.29. The minimum atomic E-state index is -0.325. The highest BCUT2D eigenvalue weighted by Gasteiger charge is 2.19. The Morgan fingerprint density at radius 2 is 2.07 bits per heavy atom. The van der Waals surface area contributed by atoms with Gasteiger partial charge in [-0.2, -0.15) is 5.10 Å². The Hall–Kier alpha value is -3.68. The number of aromatic nitrogens is 4. The average Bonchev–Trinajstić information content (AvgIpc) is 3.40. The van der Waals surface area contributed by atoms with Gasteiger partial charge in [0.15, 0.2) is 0 Å². The van der Waals surface area contributed by atoms with Crippen molar-refractivity contribution in [3.8, 4) is 0 Å². The molecule has 4 rings (SSSR count). The molecule has 8 nitrogen and oxygen atoms in total. The number of amides is 1. The van der Waals surface area contributed by atoms with Crippen LogP contribution in [0.4, 0.5) is 5.82 Å². The maximum atomic E-state index is 12.9. The number of carbonyl (C=O) groups excluding carboxylic acids is 1. The first kappa shape index (κ1) is 19.6. The molecule has 30 heavy (non-hydrogen) atoms. The van der Waals surface area contributed by atoms with E-state index in [0.29, 0.717) is 12.4 Å². The summed E-state index contributed by atoms with van der Waals surface area (Å²) in [5.74, 6) is 0.481. The van der Waals surface area contributed by atoms with Crippen LogP contribution in [0.3, 0.4) is 0 Å². The number of aryl methyl sites for hydroxylation is 1. The summed E-state index contributed by atoms with van der Waals surface area (Å²) in [6.45, 7) is 6.41. The number of carbonyl (C=O) groups is 1. The molecular formula is C22H24N6O2. The fraction of sp³-hybridized carbons (Fsp3) is 0.273. The van der Waals surface area contributed by atoms with Gasteiger partial charge in [-0.1, -0.05) is 18.2 Å². The first-order chi connectivity index (χ1) is 14.5. The SMILES string of the molecule is Cc1nc(C(=O)N[C@H](C)c2coc3ccccc23)nc(NCCc2cn[nH]c2)c1C. The summed E-state index contributed by atoms with van der Waals surface area (Å²) < 4.78 is 5.59. The number of hydrogen-bond acceptors (Lipinski definition) is 6. The fourth-order valence-corrected chi connectivity index (χ4v) is 3.31. The molecule has 154 valence electrons. The van der Waals surface area contributed by atoms with E-state index in [9.17, 15) is 4.79 Å². The number of para-hydroxylation sites is 1. The summed E-state index contributed by atoms with van der Waals surface area (Å²) >= 11 is 0. The van der Waals surface area contributed by atoms with E-state index in [2.05, 4.69) is 30.8 Å². The molecular weight excluding hydrogens is 380 g/mol. The number of rotatable bonds is 7. The lowest BCUT2D eigenvalue weighted by Gasteiger charge is -2.15. The van der Waals surface area contributed by atoms with Crippen molar-refractivity contribution in [3.05, 3.63) is 71.1 Å². The number of hydrogen-bond donors (Lipinski definition) is 3. The minimum Gasteiger partial charge on any atom is -0.464 e. The second-order valence-corrected chi connectivity index (χ2v) is 7.27. The van der Waals surface area contributed by atoms with Gasteiger partial charge in [0.1, 0.15) is 11.4 Å². The van der Waals surface area contributed by atoms with Crippen molar-refractivity contribution < 1.29 is 9.21 Å². The molecule has 1 atom stereocenters. The molecule has 1 aromatic carbocycles. The normalized spacial score (nSPS) is 12.1. The summed E-state index contributed by atoms with van der Waals surface area (Å²) in [6.07, 6.45) is 6.13. The highest BCUT2D eigenvalue weighted by molar-refractivity contribution is 5.92. The van der Waals surface area contributed by atoms with E-state index >= 15 is 0 Å². The molecule has 0 radical (unpaired) electrons. The zero-order valence-corrected chi connectivity index (χ0v) is 17.2. The lowest BCUT2D eigenvalue weighted by atomic mass is 10.1. The molecule has 8 heteroatoms. The second-order valence-electron chi connectivity index (χ2n) is 7.27. The van der Waals surface area contributed by atoms with Gasteiger partial charge in [-0.3, -0.25) is 9.89 Å². The van der Waals surface area contributed by atoms with Crippen LogP contribution in [-0.2, 0) is 6.42 Å². The topological polar surface area (TPSA) is 109 Å². The Kier molecular flexibility index (Phi) is 5.47. The number of nitrogens with zero attached hydrogens (tertiary/aromatic N) is 3. The van der Waals surface area contributed by atoms with Crippen molar-refractivity contribution in [2.24, 2.45) is 0 Å². The highest BCUT2D eigenvalue weighted by atomic mass is 16.3. The molecule has 0 aliphatic carbocycles. The molecule has 4 aromatic rings. The van der Waals surface area contributed by atoms with Crippen LogP contribution < -0.4 is 10.6 Å². The molecule has 0 aliphatic rings. The van der Waals surface area contributed by atoms with Crippen molar-refractivity contribution in [1.82, 2.24) is 25.5 Å². The van der Waals surface area contributed by atoms with Crippen LogP contribution in [0.25, 0.3) is 11.0 Å². The van der Waals surface area contributed by atoms with E-state index in [4.69, 9.17) is 4.42 Å². The molecule has 0 bridgehead atoms. The Morgan fingerprint density at radius 1 is 1.23 bits per heavy atom. The fourth-order valence-electron chi connectivity index (χ4n) is 3.31. The van der Waals surface area contributed by atoms with Crippen LogP contribution in [0.5, 0.6) is 0 Å². The molecule has 3 heterocycles. The largest absolute Gasteiger partial charge is 0.464 e. The maximum absolute atomic E-state index is 12.9. The van der Waals surface area contributed by atoms with Crippen molar-refractivity contribution in [1.29, 1.82) is 0 Å². The highest BCUT2D eigenvalue weighted by Crippen LogP contribution is 2.26. The third-order valence-electron chi connectivity index (χ3n) is 5.18. The van der Waals surface area contributed by atoms with E-state index in [1.807, 2.05) is 51.2 Å². The number of nitrogens with one attached hydrogen (secondary N) is 3. The van der Waals surface area contributed by atoms with Gasteiger partial charge in [0.05, 0.1) is 18.5 Å². The summed E-state index contributed by atoms with van der Waals surface area (Å²) in [7, 11) is 0. The van der Waals surface area contributed by atoms with E-state index < -0.39 is 0 Å². The number of H-pyrrole nitrogens is 1. The number of fused-ring (bicyclic) bond motifs is 1. The van der Waals surface area contributed by atoms with Crippen LogP contribution in [0.15, 0.2) is 47.3 Å². The maximum Gasteiger partial charge on any atom is 0.289 e. The number of anilines is 1. The average molecular weight is 404 g/mol. The van der Waals surface area contributed by atoms with Crippen LogP contribution in [0.2, 0.25) is 0 Å². The number of aromatic amines is 1. The van der Waals surface area contributed by atoms with E-state index in [-0.39, 0.29) is 17.8 Å². The van der Waals surface area contributed by atoms with Crippen LogP contribution >= 0.6 is 0 Å². The second kappa shape index (κ2) is 8.36. The molecule has 0 spiro atoms. The first-order valence-corrected chi connectivity index (χ1v) is 9.86. The standard InChI is InChI=1S/C22H24N6O2/c1-13-14(2)26-21(28-20(13)23-9-8-16-10-24-25-11-16)22(29)27-15(3)18-12-30-19-7-5-4-6-17(18)19/h4-7,10-12,15H,8-9H2,1-3H3,(H,24,25)(H,27,29)(H,23,26,28)/t15-/m1/s1. The molecule has 0 unspecified atom stereocenters. The third-order valence-corrected chi connectivity index (χ3v) is 5.18. The zero-order chi connectivity index (χ0) is 21.1. The van der Waals surface area contributed by atoms with E-state index in [1.54, 1.807) is 12.5 Å². The van der Waals surface area contributed by atoms with Crippen molar-refractivity contribution in [2.45, 2.75) is 33.2 Å². The number of furan rings is 1. The zero-order valence-electron chi connectivity index (χ0n) is 17.2.